The zero-order chi connectivity index (χ0) is 22.9. The van der Waals surface area contributed by atoms with Gasteiger partial charge in [-0.1, -0.05) is 19.4 Å². The van der Waals surface area contributed by atoms with E-state index >= 15 is 0 Å². The molecule has 0 aliphatic carbocycles. The monoisotopic (exact) mass is 444 g/mol. The topological polar surface area (TPSA) is 129 Å². The summed E-state index contributed by atoms with van der Waals surface area (Å²) in [5, 5.41) is 16.9. The Morgan fingerprint density at radius 1 is 1.25 bits per heavy atom. The molecule has 0 saturated heterocycles. The molecule has 0 saturated carbocycles. The highest BCUT2D eigenvalue weighted by molar-refractivity contribution is 5.60. The van der Waals surface area contributed by atoms with Crippen LogP contribution >= 0.6 is 0 Å². The zero-order valence-corrected chi connectivity index (χ0v) is 18.9. The van der Waals surface area contributed by atoms with Crippen LogP contribution in [0.5, 0.6) is 17.5 Å². The lowest BCUT2D eigenvalue weighted by Gasteiger charge is -2.16. The van der Waals surface area contributed by atoms with Crippen molar-refractivity contribution in [3.8, 4) is 17.5 Å². The summed E-state index contributed by atoms with van der Waals surface area (Å²) in [4.78, 5) is 8.62. The number of nitrogens with two attached hydrogens (primary N) is 1. The van der Waals surface area contributed by atoms with Crippen LogP contribution in [-0.4, -0.2) is 64.7 Å². The summed E-state index contributed by atoms with van der Waals surface area (Å²) in [5.41, 5.74) is 8.43. The van der Waals surface area contributed by atoms with Gasteiger partial charge in [-0.2, -0.15) is 4.98 Å². The number of fused-ring (bicyclic) bond motifs is 1. The molecule has 10 heteroatoms. The van der Waals surface area contributed by atoms with Crippen molar-refractivity contribution in [1.82, 2.24) is 24.9 Å². The molecular weight excluding hydrogens is 412 g/mol. The number of methoxy groups -OCH3 is 1. The molecule has 4 N–H and O–H groups in total. The molecule has 0 spiro atoms. The predicted molar refractivity (Wildman–Crippen MR) is 121 cm³/mol. The number of nitrogens with zero attached hydrogens (tertiary/aromatic N) is 4. The van der Waals surface area contributed by atoms with Crippen molar-refractivity contribution in [3.05, 3.63) is 35.7 Å². The molecular formula is C22H32N6O4. The van der Waals surface area contributed by atoms with Gasteiger partial charge in [0, 0.05) is 26.0 Å². The van der Waals surface area contributed by atoms with Crippen molar-refractivity contribution in [2.75, 3.05) is 39.6 Å². The van der Waals surface area contributed by atoms with Crippen molar-refractivity contribution < 1.29 is 19.3 Å². The molecule has 174 valence electrons. The van der Waals surface area contributed by atoms with E-state index in [4.69, 9.17) is 19.9 Å². The normalized spacial score (nSPS) is 12.1. The van der Waals surface area contributed by atoms with Gasteiger partial charge in [0.05, 0.1) is 19.0 Å². The Balaban J connectivity index is 1.86. The summed E-state index contributed by atoms with van der Waals surface area (Å²) in [6.45, 7) is 3.36. The summed E-state index contributed by atoms with van der Waals surface area (Å²) in [6.07, 6.45) is 4.34. The average Bonchev–Trinajstić information content (AvgIpc) is 3.18. The molecule has 10 nitrogen and oxygen atoms in total. The summed E-state index contributed by atoms with van der Waals surface area (Å²) in [5.74, 6) is 1.60. The Morgan fingerprint density at radius 3 is 2.81 bits per heavy atom. The standard InChI is InChI=1S/C22H32N6O4/c1-4-5-17(8-10-29)32-22-26-20(23)21-25-14-16(28(21)27-22)12-15-6-7-18(30-3)19(13-15)31-11-9-24-2/h6-7,13-14,17,24,29H,4-5,8-12H2,1-3H3,(H2,23,26,27). The number of benzene rings is 1. The van der Waals surface area contributed by atoms with Crippen LogP contribution < -0.4 is 25.3 Å². The fraction of sp³-hybridized carbons (Fsp3) is 0.500. The van der Waals surface area contributed by atoms with Crippen molar-refractivity contribution in [2.45, 2.75) is 38.7 Å². The number of likely N-dealkylation sites (N-methyl/N-ethyl adjacent to an activating group) is 1. The number of nitrogens with one attached hydrogen (secondary N) is 1. The highest BCUT2D eigenvalue weighted by atomic mass is 16.5. The third-order valence-electron chi connectivity index (χ3n) is 5.00. The minimum atomic E-state index is -0.173. The second-order valence-corrected chi connectivity index (χ2v) is 7.42. The Labute approximate surface area is 187 Å². The summed E-state index contributed by atoms with van der Waals surface area (Å²) in [6, 6.07) is 5.99. The molecule has 3 rings (SSSR count). The molecule has 0 bridgehead atoms. The fourth-order valence-corrected chi connectivity index (χ4v) is 3.39. The van der Waals surface area contributed by atoms with Crippen molar-refractivity contribution >= 4 is 11.5 Å². The van der Waals surface area contributed by atoms with E-state index in [0.29, 0.717) is 36.6 Å². The quantitative estimate of drug-likeness (QED) is 0.338. The number of imidazole rings is 1. The molecule has 0 radical (unpaired) electrons. The van der Waals surface area contributed by atoms with Crippen molar-refractivity contribution in [1.29, 1.82) is 0 Å². The fourth-order valence-electron chi connectivity index (χ4n) is 3.39. The van der Waals surface area contributed by atoms with Gasteiger partial charge in [-0.15, -0.1) is 5.10 Å². The van der Waals surface area contributed by atoms with E-state index in [-0.39, 0.29) is 24.5 Å². The summed E-state index contributed by atoms with van der Waals surface area (Å²) < 4.78 is 18.8. The van der Waals surface area contributed by atoms with Gasteiger partial charge in [0.2, 0.25) is 0 Å². The van der Waals surface area contributed by atoms with Gasteiger partial charge in [0.1, 0.15) is 12.7 Å². The Morgan fingerprint density at radius 2 is 2.09 bits per heavy atom. The number of nitrogen functional groups attached to an aromatic ring is 1. The van der Waals surface area contributed by atoms with Crippen LogP contribution in [0.15, 0.2) is 24.4 Å². The predicted octanol–water partition coefficient (Wildman–Crippen LogP) is 1.83. The van der Waals surface area contributed by atoms with E-state index in [9.17, 15) is 5.11 Å². The van der Waals surface area contributed by atoms with Gasteiger partial charge < -0.3 is 30.4 Å². The van der Waals surface area contributed by atoms with Crippen LogP contribution in [0.1, 0.15) is 37.4 Å². The van der Waals surface area contributed by atoms with Gasteiger partial charge in [-0.25, -0.2) is 9.50 Å². The van der Waals surface area contributed by atoms with Crippen LogP contribution in [0.4, 0.5) is 5.82 Å². The van der Waals surface area contributed by atoms with Crippen LogP contribution in [0, 0.1) is 0 Å². The number of aliphatic hydroxyl groups is 1. The molecule has 32 heavy (non-hydrogen) atoms. The number of ether oxygens (including phenoxy) is 3. The maximum absolute atomic E-state index is 9.29. The van der Waals surface area contributed by atoms with Crippen molar-refractivity contribution in [2.24, 2.45) is 0 Å². The number of hydrogen-bond donors (Lipinski definition) is 3. The number of rotatable bonds is 13. The van der Waals surface area contributed by atoms with Crippen LogP contribution in [0.3, 0.4) is 0 Å². The third-order valence-corrected chi connectivity index (χ3v) is 5.00. The van der Waals surface area contributed by atoms with Crippen LogP contribution in [-0.2, 0) is 6.42 Å². The van der Waals surface area contributed by atoms with Gasteiger partial charge in [-0.3, -0.25) is 0 Å². The molecule has 1 unspecified atom stereocenters. The molecule has 0 aliphatic rings. The summed E-state index contributed by atoms with van der Waals surface area (Å²) in [7, 11) is 3.50. The van der Waals surface area contributed by atoms with Crippen LogP contribution in [0.2, 0.25) is 0 Å². The smallest absolute Gasteiger partial charge is 0.336 e. The van der Waals surface area contributed by atoms with E-state index in [2.05, 4.69) is 27.3 Å². The third kappa shape index (κ3) is 5.77. The lowest BCUT2D eigenvalue weighted by atomic mass is 10.1. The first kappa shape index (κ1) is 23.6. The SMILES string of the molecule is CCCC(CCO)Oc1nc(N)c2ncc(Cc3ccc(OC)c(OCCNC)c3)n2n1. The highest BCUT2D eigenvalue weighted by Crippen LogP contribution is 2.29. The first-order chi connectivity index (χ1) is 15.6. The van der Waals surface area contributed by atoms with E-state index in [1.54, 1.807) is 17.8 Å². The number of hydrogen-bond acceptors (Lipinski definition) is 9. The molecule has 1 atom stereocenters. The highest BCUT2D eigenvalue weighted by Gasteiger charge is 2.16. The second-order valence-electron chi connectivity index (χ2n) is 7.42. The van der Waals surface area contributed by atoms with Gasteiger partial charge >= 0.3 is 6.01 Å². The van der Waals surface area contributed by atoms with E-state index in [1.807, 2.05) is 25.2 Å². The Kier molecular flexibility index (Phi) is 8.46. The van der Waals surface area contributed by atoms with Gasteiger partial charge in [-0.05, 0) is 31.2 Å². The number of aliphatic hydroxyl groups excluding tert-OH is 1. The number of anilines is 1. The molecule has 3 aromatic rings. The van der Waals surface area contributed by atoms with Crippen LogP contribution in [0.25, 0.3) is 5.65 Å². The second kappa shape index (κ2) is 11.5. The largest absolute Gasteiger partial charge is 0.493 e. The maximum atomic E-state index is 9.29. The molecule has 2 heterocycles. The first-order valence-electron chi connectivity index (χ1n) is 10.8. The zero-order valence-electron chi connectivity index (χ0n) is 18.9. The lowest BCUT2D eigenvalue weighted by molar-refractivity contribution is 0.133. The first-order valence-corrected chi connectivity index (χ1v) is 10.8. The van der Waals surface area contributed by atoms with Gasteiger partial charge in [0.15, 0.2) is 23.0 Å². The van der Waals surface area contributed by atoms with E-state index < -0.39 is 0 Å². The van der Waals surface area contributed by atoms with E-state index in [0.717, 1.165) is 30.6 Å². The minimum absolute atomic E-state index is 0.0366. The minimum Gasteiger partial charge on any atom is -0.493 e. The van der Waals surface area contributed by atoms with E-state index in [1.165, 1.54) is 0 Å². The Bertz CT molecular complexity index is 1000. The Hall–Kier alpha value is -3.11. The average molecular weight is 445 g/mol. The maximum Gasteiger partial charge on any atom is 0.336 e. The van der Waals surface area contributed by atoms with Crippen molar-refractivity contribution in [3.63, 3.8) is 0 Å². The molecule has 0 aliphatic heterocycles. The summed E-state index contributed by atoms with van der Waals surface area (Å²) >= 11 is 0. The van der Waals surface area contributed by atoms with Gasteiger partial charge in [0.25, 0.3) is 0 Å². The molecule has 2 aromatic heterocycles. The lowest BCUT2D eigenvalue weighted by Crippen LogP contribution is -2.20. The molecule has 0 fully saturated rings. The molecule has 1 aromatic carbocycles. The number of aromatic nitrogens is 4. The molecule has 0 amide bonds.